The SMILES string of the molecule is CCc1ccc(-n2c(=O)[nH]c3nc(N4CCC(C(N)=O)CC4)ncc3c2=O)cc1. The monoisotopic (exact) mass is 394 g/mol. The highest BCUT2D eigenvalue weighted by Crippen LogP contribution is 2.21. The lowest BCUT2D eigenvalue weighted by Crippen LogP contribution is -2.39. The maximum atomic E-state index is 12.9. The first-order valence-corrected chi connectivity index (χ1v) is 9.63. The van der Waals surface area contributed by atoms with Gasteiger partial charge in [-0.15, -0.1) is 0 Å². The fraction of sp³-hybridized carbons (Fsp3) is 0.350. The Hall–Kier alpha value is -3.49. The molecule has 1 aliphatic heterocycles. The van der Waals surface area contributed by atoms with E-state index >= 15 is 0 Å². The van der Waals surface area contributed by atoms with Crippen molar-refractivity contribution in [2.45, 2.75) is 26.2 Å². The Kier molecular flexibility index (Phi) is 4.87. The summed E-state index contributed by atoms with van der Waals surface area (Å²) in [5.41, 5.74) is 6.16. The highest BCUT2D eigenvalue weighted by atomic mass is 16.2. The molecule has 3 heterocycles. The molecule has 3 aromatic rings. The zero-order chi connectivity index (χ0) is 20.5. The van der Waals surface area contributed by atoms with Gasteiger partial charge in [-0.2, -0.15) is 4.98 Å². The molecule has 1 amide bonds. The number of amides is 1. The minimum Gasteiger partial charge on any atom is -0.369 e. The van der Waals surface area contributed by atoms with Crippen LogP contribution in [0, 0.1) is 5.92 Å². The fourth-order valence-electron chi connectivity index (χ4n) is 3.63. The molecule has 9 heteroatoms. The van der Waals surface area contributed by atoms with E-state index in [1.54, 1.807) is 12.1 Å². The van der Waals surface area contributed by atoms with E-state index in [4.69, 9.17) is 5.73 Å². The van der Waals surface area contributed by atoms with Crippen LogP contribution in [0.15, 0.2) is 40.1 Å². The molecule has 0 atom stereocenters. The van der Waals surface area contributed by atoms with Crippen molar-refractivity contribution in [1.29, 1.82) is 0 Å². The molecule has 1 aliphatic rings. The fourth-order valence-corrected chi connectivity index (χ4v) is 3.63. The molecule has 3 N–H and O–H groups in total. The second-order valence-electron chi connectivity index (χ2n) is 7.19. The Bertz CT molecular complexity index is 1170. The number of nitrogens with one attached hydrogen (secondary N) is 1. The van der Waals surface area contributed by atoms with Gasteiger partial charge in [0.1, 0.15) is 5.39 Å². The molecule has 1 saturated heterocycles. The van der Waals surface area contributed by atoms with Crippen LogP contribution in [0.2, 0.25) is 0 Å². The molecule has 4 rings (SSSR count). The van der Waals surface area contributed by atoms with E-state index in [1.165, 1.54) is 6.20 Å². The third-order valence-electron chi connectivity index (χ3n) is 5.42. The van der Waals surface area contributed by atoms with Crippen molar-refractivity contribution >= 4 is 22.9 Å². The summed E-state index contributed by atoms with van der Waals surface area (Å²) in [6.45, 7) is 3.21. The summed E-state index contributed by atoms with van der Waals surface area (Å²) < 4.78 is 1.09. The van der Waals surface area contributed by atoms with Gasteiger partial charge < -0.3 is 10.6 Å². The van der Waals surface area contributed by atoms with Gasteiger partial charge in [-0.05, 0) is 37.0 Å². The van der Waals surface area contributed by atoms with E-state index in [9.17, 15) is 14.4 Å². The van der Waals surface area contributed by atoms with Gasteiger partial charge in [-0.25, -0.2) is 14.3 Å². The van der Waals surface area contributed by atoms with E-state index in [0.29, 0.717) is 37.6 Å². The number of benzene rings is 1. The number of hydrogen-bond acceptors (Lipinski definition) is 6. The number of H-pyrrole nitrogens is 1. The number of nitrogens with zero attached hydrogens (tertiary/aromatic N) is 4. The van der Waals surface area contributed by atoms with Crippen LogP contribution in [0.3, 0.4) is 0 Å². The molecule has 0 bridgehead atoms. The Morgan fingerprint density at radius 2 is 1.90 bits per heavy atom. The van der Waals surface area contributed by atoms with Crippen LogP contribution < -0.4 is 21.9 Å². The Morgan fingerprint density at radius 3 is 2.52 bits per heavy atom. The van der Waals surface area contributed by atoms with E-state index in [1.807, 2.05) is 24.0 Å². The van der Waals surface area contributed by atoms with Crippen molar-refractivity contribution in [3.63, 3.8) is 0 Å². The van der Waals surface area contributed by atoms with Crippen molar-refractivity contribution in [3.8, 4) is 5.69 Å². The van der Waals surface area contributed by atoms with Crippen LogP contribution in [-0.2, 0) is 11.2 Å². The number of aromatic nitrogens is 4. The van der Waals surface area contributed by atoms with Crippen molar-refractivity contribution in [3.05, 3.63) is 56.9 Å². The summed E-state index contributed by atoms with van der Waals surface area (Å²) in [5.74, 6) is -0.0146. The lowest BCUT2D eigenvalue weighted by molar-refractivity contribution is -0.122. The summed E-state index contributed by atoms with van der Waals surface area (Å²) in [7, 11) is 0. The van der Waals surface area contributed by atoms with Crippen LogP contribution in [0.25, 0.3) is 16.7 Å². The van der Waals surface area contributed by atoms with E-state index in [-0.39, 0.29) is 22.9 Å². The number of nitrogens with two attached hydrogens (primary N) is 1. The highest BCUT2D eigenvalue weighted by molar-refractivity contribution is 5.77. The van der Waals surface area contributed by atoms with Crippen LogP contribution in [-0.4, -0.2) is 38.5 Å². The number of fused-ring (bicyclic) bond motifs is 1. The molecule has 2 aromatic heterocycles. The highest BCUT2D eigenvalue weighted by Gasteiger charge is 2.25. The Balaban J connectivity index is 1.69. The van der Waals surface area contributed by atoms with Gasteiger partial charge in [0.25, 0.3) is 5.56 Å². The molecule has 9 nitrogen and oxygen atoms in total. The average Bonchev–Trinajstić information content (AvgIpc) is 2.74. The van der Waals surface area contributed by atoms with Gasteiger partial charge in [0.2, 0.25) is 11.9 Å². The smallest absolute Gasteiger partial charge is 0.334 e. The number of hydrogen-bond donors (Lipinski definition) is 2. The number of anilines is 1. The second-order valence-corrected chi connectivity index (χ2v) is 7.19. The predicted molar refractivity (Wildman–Crippen MR) is 109 cm³/mol. The number of carbonyl (C=O) groups is 1. The molecule has 150 valence electrons. The van der Waals surface area contributed by atoms with Crippen LogP contribution in [0.5, 0.6) is 0 Å². The van der Waals surface area contributed by atoms with Gasteiger partial charge in [0.05, 0.1) is 5.69 Å². The molecule has 0 radical (unpaired) electrons. The molecule has 1 aromatic carbocycles. The molecule has 0 unspecified atom stereocenters. The van der Waals surface area contributed by atoms with Gasteiger partial charge in [0.15, 0.2) is 5.65 Å². The van der Waals surface area contributed by atoms with Crippen molar-refractivity contribution in [1.82, 2.24) is 19.5 Å². The standard InChI is InChI=1S/C20H22N6O3/c1-2-12-3-5-14(6-4-12)26-18(28)15-11-22-19(23-17(15)24-20(26)29)25-9-7-13(8-10-25)16(21)27/h3-6,11,13H,2,7-10H2,1H3,(H2,21,27)(H,22,23,24,29). The third kappa shape index (κ3) is 3.51. The Labute approximate surface area is 166 Å². The van der Waals surface area contributed by atoms with Gasteiger partial charge in [-0.3, -0.25) is 14.6 Å². The lowest BCUT2D eigenvalue weighted by Gasteiger charge is -2.30. The molecule has 0 saturated carbocycles. The van der Waals surface area contributed by atoms with Crippen molar-refractivity contribution in [2.75, 3.05) is 18.0 Å². The molecule has 1 fully saturated rings. The minimum absolute atomic E-state index is 0.141. The number of primary amides is 1. The number of rotatable bonds is 4. The molecular formula is C20H22N6O3. The number of aromatic amines is 1. The van der Waals surface area contributed by atoms with Gasteiger partial charge in [0, 0.05) is 25.2 Å². The zero-order valence-electron chi connectivity index (χ0n) is 16.1. The third-order valence-corrected chi connectivity index (χ3v) is 5.42. The molecule has 29 heavy (non-hydrogen) atoms. The quantitative estimate of drug-likeness (QED) is 0.672. The first-order valence-electron chi connectivity index (χ1n) is 9.63. The summed E-state index contributed by atoms with van der Waals surface area (Å²) in [6.07, 6.45) is 3.56. The average molecular weight is 394 g/mol. The lowest BCUT2D eigenvalue weighted by atomic mass is 9.96. The first kappa shape index (κ1) is 18.9. The van der Waals surface area contributed by atoms with E-state index in [0.717, 1.165) is 16.6 Å². The largest absolute Gasteiger partial charge is 0.369 e. The summed E-state index contributed by atoms with van der Waals surface area (Å²) in [5, 5.41) is 0.236. The minimum atomic E-state index is -0.552. The van der Waals surface area contributed by atoms with Crippen LogP contribution in [0.1, 0.15) is 25.3 Å². The summed E-state index contributed by atoms with van der Waals surface area (Å²) >= 11 is 0. The number of piperidine rings is 1. The number of carbonyl (C=O) groups excluding carboxylic acids is 1. The Morgan fingerprint density at radius 1 is 1.21 bits per heavy atom. The van der Waals surface area contributed by atoms with Crippen LogP contribution >= 0.6 is 0 Å². The summed E-state index contributed by atoms with van der Waals surface area (Å²) in [4.78, 5) is 50.1. The normalized spacial score (nSPS) is 15.0. The maximum absolute atomic E-state index is 12.9. The topological polar surface area (TPSA) is 127 Å². The van der Waals surface area contributed by atoms with Crippen LogP contribution in [0.4, 0.5) is 5.95 Å². The zero-order valence-corrected chi connectivity index (χ0v) is 16.1. The van der Waals surface area contributed by atoms with Crippen molar-refractivity contribution in [2.24, 2.45) is 11.7 Å². The molecule has 0 spiro atoms. The first-order chi connectivity index (χ1) is 14.0. The molecular weight excluding hydrogens is 372 g/mol. The predicted octanol–water partition coefficient (Wildman–Crippen LogP) is 0.733. The second kappa shape index (κ2) is 7.50. The summed E-state index contributed by atoms with van der Waals surface area (Å²) in [6, 6.07) is 7.28. The number of aryl methyl sites for hydroxylation is 1. The van der Waals surface area contributed by atoms with E-state index in [2.05, 4.69) is 15.0 Å². The molecule has 0 aliphatic carbocycles. The van der Waals surface area contributed by atoms with Gasteiger partial charge in [-0.1, -0.05) is 19.1 Å². The van der Waals surface area contributed by atoms with E-state index < -0.39 is 11.2 Å². The maximum Gasteiger partial charge on any atom is 0.334 e. The van der Waals surface area contributed by atoms with Gasteiger partial charge >= 0.3 is 5.69 Å². The van der Waals surface area contributed by atoms with Crippen molar-refractivity contribution < 1.29 is 4.79 Å².